The van der Waals surface area contributed by atoms with Crippen molar-refractivity contribution in [2.24, 2.45) is 0 Å². The monoisotopic (exact) mass is 472 g/mol. The Morgan fingerprint density at radius 2 is 1.57 bits per heavy atom. The molecule has 5 nitrogen and oxygen atoms in total. The van der Waals surface area contributed by atoms with Crippen molar-refractivity contribution in [3.8, 4) is 5.75 Å². The van der Waals surface area contributed by atoms with Crippen LogP contribution in [0.15, 0.2) is 60.7 Å². The maximum atomic E-state index is 14.9. The highest BCUT2D eigenvalue weighted by molar-refractivity contribution is 6.33. The molecule has 1 unspecified atom stereocenters. The van der Waals surface area contributed by atoms with Crippen LogP contribution in [0.25, 0.3) is 0 Å². The van der Waals surface area contributed by atoms with Gasteiger partial charge in [-0.15, -0.1) is 0 Å². The number of ether oxygens (including phenoxy) is 1. The van der Waals surface area contributed by atoms with Crippen molar-refractivity contribution < 1.29 is 18.7 Å². The number of Topliss-reactive ketones (excluding diaryl/α,β-unsaturated/α-hetero) is 2. The Morgan fingerprint density at radius 3 is 2.23 bits per heavy atom. The zero-order valence-electron chi connectivity index (χ0n) is 20.3. The average Bonchev–Trinajstić information content (AvgIpc) is 3.07. The van der Waals surface area contributed by atoms with Gasteiger partial charge in [0.05, 0.1) is 12.7 Å². The molecular formula is C29H29FN2O3. The summed E-state index contributed by atoms with van der Waals surface area (Å²) in [7, 11) is 1.65. The maximum absolute atomic E-state index is 14.9. The average molecular weight is 473 g/mol. The number of rotatable bonds is 5. The van der Waals surface area contributed by atoms with Crippen molar-refractivity contribution in [1.82, 2.24) is 9.80 Å². The van der Waals surface area contributed by atoms with Crippen LogP contribution >= 0.6 is 0 Å². The van der Waals surface area contributed by atoms with E-state index >= 15 is 0 Å². The van der Waals surface area contributed by atoms with Gasteiger partial charge in [-0.3, -0.25) is 19.4 Å². The van der Waals surface area contributed by atoms with Gasteiger partial charge < -0.3 is 4.74 Å². The first-order chi connectivity index (χ1) is 16.8. The zero-order chi connectivity index (χ0) is 24.7. The first kappa shape index (κ1) is 23.4. The van der Waals surface area contributed by atoms with Crippen molar-refractivity contribution in [2.75, 3.05) is 33.3 Å². The number of ketones is 2. The highest BCUT2D eigenvalue weighted by atomic mass is 19.1. The Bertz CT molecular complexity index is 1290. The van der Waals surface area contributed by atoms with Crippen LogP contribution in [-0.4, -0.2) is 54.7 Å². The van der Waals surface area contributed by atoms with Crippen molar-refractivity contribution in [2.45, 2.75) is 25.9 Å². The first-order valence-electron chi connectivity index (χ1n) is 11.9. The van der Waals surface area contributed by atoms with Crippen LogP contribution in [0.1, 0.15) is 43.0 Å². The minimum atomic E-state index is -1.54. The number of benzene rings is 3. The summed E-state index contributed by atoms with van der Waals surface area (Å²) in [6.07, 6.45) is 0. The summed E-state index contributed by atoms with van der Waals surface area (Å²) in [6, 6.07) is 18.1. The fourth-order valence-electron chi connectivity index (χ4n) is 5.61. The number of nitrogens with zero attached hydrogens (tertiary/aromatic N) is 2. The van der Waals surface area contributed by atoms with Gasteiger partial charge in [0.25, 0.3) is 0 Å². The second-order valence-corrected chi connectivity index (χ2v) is 9.52. The van der Waals surface area contributed by atoms with Crippen LogP contribution in [0, 0.1) is 19.7 Å². The molecule has 35 heavy (non-hydrogen) atoms. The lowest BCUT2D eigenvalue weighted by Crippen LogP contribution is -2.60. The lowest BCUT2D eigenvalue weighted by molar-refractivity contribution is 0.0278. The van der Waals surface area contributed by atoms with E-state index in [9.17, 15) is 14.0 Å². The molecule has 2 aliphatic rings. The number of hydrogen-bond donors (Lipinski definition) is 0. The van der Waals surface area contributed by atoms with Gasteiger partial charge in [-0.2, -0.15) is 0 Å². The van der Waals surface area contributed by atoms with Crippen LogP contribution in [0.5, 0.6) is 5.75 Å². The predicted molar refractivity (Wildman–Crippen MR) is 132 cm³/mol. The largest absolute Gasteiger partial charge is 0.497 e. The van der Waals surface area contributed by atoms with Crippen LogP contribution in [-0.2, 0) is 12.1 Å². The Hall–Kier alpha value is -3.35. The van der Waals surface area contributed by atoms with Crippen molar-refractivity contribution in [1.29, 1.82) is 0 Å². The van der Waals surface area contributed by atoms with E-state index in [0.717, 1.165) is 29.0 Å². The van der Waals surface area contributed by atoms with Crippen LogP contribution in [0.4, 0.5) is 4.39 Å². The Labute approximate surface area is 205 Å². The predicted octanol–water partition coefficient (Wildman–Crippen LogP) is 4.54. The molecule has 5 rings (SSSR count). The highest BCUT2D eigenvalue weighted by Crippen LogP contribution is 2.44. The maximum Gasteiger partial charge on any atom is 0.199 e. The fourth-order valence-corrected chi connectivity index (χ4v) is 5.61. The van der Waals surface area contributed by atoms with Crippen molar-refractivity contribution in [3.63, 3.8) is 0 Å². The number of halogens is 1. The van der Waals surface area contributed by atoms with Gasteiger partial charge in [0.2, 0.25) is 0 Å². The number of methoxy groups -OCH3 is 1. The smallest absolute Gasteiger partial charge is 0.199 e. The van der Waals surface area contributed by atoms with E-state index in [2.05, 4.69) is 11.0 Å². The van der Waals surface area contributed by atoms with Gasteiger partial charge in [-0.25, -0.2) is 4.39 Å². The number of fused-ring (bicyclic) bond motifs is 1. The van der Waals surface area contributed by atoms with Crippen LogP contribution in [0.3, 0.4) is 0 Å². The van der Waals surface area contributed by atoms with E-state index in [-0.39, 0.29) is 16.9 Å². The molecule has 0 spiro atoms. The molecule has 180 valence electrons. The third-order valence-corrected chi connectivity index (χ3v) is 7.17. The lowest BCUT2D eigenvalue weighted by Gasteiger charge is -2.44. The standard InChI is InChI=1S/C29H29FN2O3/c1-19-14-20(2)16-22(15-19)29(27(33)24-8-5-9-25(30)26(24)28(29)34)32-12-10-31(11-13-32)18-21-6-4-7-23(17-21)35-3/h4-9,14-17H,10-13,18H2,1-3H3. The second-order valence-electron chi connectivity index (χ2n) is 9.52. The summed E-state index contributed by atoms with van der Waals surface area (Å²) in [5, 5.41) is 0. The molecule has 3 aromatic rings. The molecular weight excluding hydrogens is 443 g/mol. The number of aryl methyl sites for hydroxylation is 2. The minimum absolute atomic E-state index is 0.0875. The summed E-state index contributed by atoms with van der Waals surface area (Å²) in [5.74, 6) is -0.606. The van der Waals surface area contributed by atoms with E-state index in [0.29, 0.717) is 31.7 Å². The molecule has 0 aromatic heterocycles. The summed E-state index contributed by atoms with van der Waals surface area (Å²) >= 11 is 0. The topological polar surface area (TPSA) is 49.9 Å². The number of carbonyl (C=O) groups is 2. The summed E-state index contributed by atoms with van der Waals surface area (Å²) in [6.45, 7) is 7.06. The third kappa shape index (κ3) is 3.87. The van der Waals surface area contributed by atoms with E-state index in [1.165, 1.54) is 12.1 Å². The summed E-state index contributed by atoms with van der Waals surface area (Å²) in [4.78, 5) is 32.2. The molecule has 1 fully saturated rings. The molecule has 1 heterocycles. The molecule has 1 atom stereocenters. The minimum Gasteiger partial charge on any atom is -0.497 e. The molecule has 0 bridgehead atoms. The molecule has 0 amide bonds. The van der Waals surface area contributed by atoms with E-state index in [1.807, 2.05) is 55.1 Å². The van der Waals surface area contributed by atoms with E-state index in [1.54, 1.807) is 13.2 Å². The highest BCUT2D eigenvalue weighted by Gasteiger charge is 2.59. The first-order valence-corrected chi connectivity index (χ1v) is 11.9. The second kappa shape index (κ2) is 9.02. The number of hydrogen-bond acceptors (Lipinski definition) is 5. The molecule has 6 heteroatoms. The summed E-state index contributed by atoms with van der Waals surface area (Å²) in [5.41, 5.74) is 2.25. The normalized spacial score (nSPS) is 20.8. The van der Waals surface area contributed by atoms with Gasteiger partial charge in [-0.05, 0) is 43.2 Å². The Kier molecular flexibility index (Phi) is 6.03. The SMILES string of the molecule is COc1cccc(CN2CCN(C3(c4cc(C)cc(C)c4)C(=O)c4cccc(F)c4C3=O)CC2)c1. The van der Waals surface area contributed by atoms with Gasteiger partial charge in [0.1, 0.15) is 11.6 Å². The molecule has 3 aromatic carbocycles. The molecule has 0 radical (unpaired) electrons. The van der Waals surface area contributed by atoms with Crippen molar-refractivity contribution in [3.05, 3.63) is 99.9 Å². The fraction of sp³-hybridized carbons (Fsp3) is 0.310. The van der Waals surface area contributed by atoms with Gasteiger partial charge >= 0.3 is 0 Å². The van der Waals surface area contributed by atoms with Crippen LogP contribution in [0.2, 0.25) is 0 Å². The Morgan fingerprint density at radius 1 is 0.886 bits per heavy atom. The van der Waals surface area contributed by atoms with E-state index < -0.39 is 17.1 Å². The molecule has 0 N–H and O–H groups in total. The van der Waals surface area contributed by atoms with E-state index in [4.69, 9.17) is 4.74 Å². The number of piperazine rings is 1. The van der Waals surface area contributed by atoms with Gasteiger partial charge in [0, 0.05) is 38.3 Å². The molecule has 1 saturated heterocycles. The zero-order valence-corrected chi connectivity index (χ0v) is 20.3. The summed E-state index contributed by atoms with van der Waals surface area (Å²) < 4.78 is 20.2. The van der Waals surface area contributed by atoms with Crippen molar-refractivity contribution >= 4 is 11.6 Å². The third-order valence-electron chi connectivity index (χ3n) is 7.17. The Balaban J connectivity index is 1.49. The number of carbonyl (C=O) groups excluding carboxylic acids is 2. The molecule has 0 saturated carbocycles. The van der Waals surface area contributed by atoms with Crippen LogP contribution < -0.4 is 4.74 Å². The molecule has 1 aliphatic carbocycles. The lowest BCUT2D eigenvalue weighted by atomic mass is 9.81. The van der Waals surface area contributed by atoms with Gasteiger partial charge in [-0.1, -0.05) is 53.6 Å². The quantitative estimate of drug-likeness (QED) is 0.510. The van der Waals surface area contributed by atoms with Gasteiger partial charge in [0.15, 0.2) is 17.1 Å². The molecule has 1 aliphatic heterocycles.